The van der Waals surface area contributed by atoms with Gasteiger partial charge in [0.15, 0.2) is 0 Å². The monoisotopic (exact) mass is 346 g/mol. The molecule has 0 aromatic heterocycles. The Bertz CT molecular complexity index is 769. The van der Waals surface area contributed by atoms with Crippen LogP contribution in [0.15, 0.2) is 6.07 Å². The van der Waals surface area contributed by atoms with E-state index in [-0.39, 0.29) is 24.1 Å². The fraction of sp³-hybridized carbons (Fsp3) is 0.556. The van der Waals surface area contributed by atoms with E-state index in [0.717, 1.165) is 12.8 Å². The quantitative estimate of drug-likeness (QED) is 0.667. The fourth-order valence-electron chi connectivity index (χ4n) is 4.20. The molecule has 1 aliphatic heterocycles. The van der Waals surface area contributed by atoms with E-state index in [9.17, 15) is 24.8 Å². The second-order valence-corrected chi connectivity index (χ2v) is 7.27. The predicted octanol–water partition coefficient (Wildman–Crippen LogP) is 2.70. The zero-order chi connectivity index (χ0) is 18.5. The number of carbonyl (C=O) groups excluding carboxylic acids is 1. The van der Waals surface area contributed by atoms with Crippen molar-refractivity contribution < 1.29 is 19.6 Å². The molecule has 1 aromatic carbocycles. The third-order valence-electron chi connectivity index (χ3n) is 5.52. The number of nitro groups is 1. The normalized spacial score (nSPS) is 22.9. The molecule has 1 aliphatic carbocycles. The minimum atomic E-state index is -0.865. The molecule has 7 heteroatoms. The molecular weight excluding hydrogens is 324 g/mol. The molecule has 2 fully saturated rings. The number of hydrogen-bond acceptors (Lipinski definition) is 4. The van der Waals surface area contributed by atoms with Crippen LogP contribution in [0.1, 0.15) is 39.9 Å². The number of benzene rings is 1. The van der Waals surface area contributed by atoms with Crippen molar-refractivity contribution >= 4 is 17.6 Å². The van der Waals surface area contributed by atoms with Crippen LogP contribution in [0.3, 0.4) is 0 Å². The highest BCUT2D eigenvalue weighted by molar-refractivity contribution is 5.99. The van der Waals surface area contributed by atoms with Gasteiger partial charge in [-0.05, 0) is 57.1 Å². The Balaban J connectivity index is 1.95. The van der Waals surface area contributed by atoms with E-state index in [0.29, 0.717) is 34.7 Å². The van der Waals surface area contributed by atoms with Gasteiger partial charge in [0.05, 0.1) is 16.4 Å². The van der Waals surface area contributed by atoms with Gasteiger partial charge < -0.3 is 10.0 Å². The van der Waals surface area contributed by atoms with Gasteiger partial charge in [0.25, 0.3) is 11.6 Å². The topological polar surface area (TPSA) is 101 Å². The van der Waals surface area contributed by atoms with Crippen molar-refractivity contribution in [1.29, 1.82) is 0 Å². The third kappa shape index (κ3) is 2.99. The first-order valence-electron chi connectivity index (χ1n) is 8.49. The first-order chi connectivity index (χ1) is 11.7. The van der Waals surface area contributed by atoms with Crippen molar-refractivity contribution in [3.05, 3.63) is 38.4 Å². The SMILES string of the molecule is Cc1cc(C)c([N+](=O)[O-])c(C)c1C(=O)N1C[C@H](C(=O)O)[C@@H](C2CC2)C1. The first kappa shape index (κ1) is 17.4. The number of aliphatic carboxylic acids is 1. The van der Waals surface area contributed by atoms with E-state index in [1.54, 1.807) is 31.7 Å². The van der Waals surface area contributed by atoms with Crippen molar-refractivity contribution in [3.8, 4) is 0 Å². The second kappa shape index (κ2) is 6.13. The molecule has 2 atom stereocenters. The Morgan fingerprint density at radius 2 is 1.84 bits per heavy atom. The maximum absolute atomic E-state index is 13.0. The number of likely N-dealkylation sites (tertiary alicyclic amines) is 1. The molecule has 0 unspecified atom stereocenters. The predicted molar refractivity (Wildman–Crippen MR) is 90.6 cm³/mol. The lowest BCUT2D eigenvalue weighted by atomic mass is 9.92. The summed E-state index contributed by atoms with van der Waals surface area (Å²) in [6, 6.07) is 1.65. The number of rotatable bonds is 4. The summed E-state index contributed by atoms with van der Waals surface area (Å²) in [5.74, 6) is -1.34. The maximum Gasteiger partial charge on any atom is 0.308 e. The number of carboxylic acid groups (broad SMARTS) is 1. The minimum Gasteiger partial charge on any atom is -0.481 e. The fourth-order valence-corrected chi connectivity index (χ4v) is 4.20. The standard InChI is InChI=1S/C18H22N2O5/c1-9-6-10(2)16(20(24)25)11(3)15(9)17(21)19-7-13(12-4-5-12)14(8-19)18(22)23/h6,12-14H,4-5,7-8H2,1-3H3,(H,22,23)/t13-,14+/m1/s1. The molecule has 0 spiro atoms. The summed E-state index contributed by atoms with van der Waals surface area (Å²) >= 11 is 0. The maximum atomic E-state index is 13.0. The van der Waals surface area contributed by atoms with Crippen LogP contribution in [0.5, 0.6) is 0 Å². The van der Waals surface area contributed by atoms with Gasteiger partial charge in [0.1, 0.15) is 0 Å². The van der Waals surface area contributed by atoms with Crippen LogP contribution in [0, 0.1) is 48.6 Å². The molecule has 1 N–H and O–H groups in total. The van der Waals surface area contributed by atoms with E-state index in [4.69, 9.17) is 0 Å². The largest absolute Gasteiger partial charge is 0.481 e. The summed E-state index contributed by atoms with van der Waals surface area (Å²) < 4.78 is 0. The van der Waals surface area contributed by atoms with Gasteiger partial charge in [-0.25, -0.2) is 0 Å². The molecule has 1 saturated heterocycles. The van der Waals surface area contributed by atoms with Gasteiger partial charge in [0, 0.05) is 24.2 Å². The van der Waals surface area contributed by atoms with Crippen LogP contribution < -0.4 is 0 Å². The van der Waals surface area contributed by atoms with E-state index >= 15 is 0 Å². The van der Waals surface area contributed by atoms with Crippen LogP contribution in [0.25, 0.3) is 0 Å². The Labute approximate surface area is 145 Å². The number of nitrogens with zero attached hydrogens (tertiary/aromatic N) is 2. The molecule has 1 heterocycles. The Morgan fingerprint density at radius 3 is 2.36 bits per heavy atom. The molecule has 1 aromatic rings. The van der Waals surface area contributed by atoms with Crippen molar-refractivity contribution in [1.82, 2.24) is 4.90 Å². The van der Waals surface area contributed by atoms with Crippen LogP contribution in [0.2, 0.25) is 0 Å². The van der Waals surface area contributed by atoms with Crippen LogP contribution in [-0.2, 0) is 4.79 Å². The van der Waals surface area contributed by atoms with Crippen molar-refractivity contribution in [2.75, 3.05) is 13.1 Å². The van der Waals surface area contributed by atoms with Gasteiger partial charge >= 0.3 is 5.97 Å². The van der Waals surface area contributed by atoms with E-state index in [1.807, 2.05) is 0 Å². The number of hydrogen-bond donors (Lipinski definition) is 1. The summed E-state index contributed by atoms with van der Waals surface area (Å²) in [6.07, 6.45) is 2.04. The van der Waals surface area contributed by atoms with Crippen molar-refractivity contribution in [2.24, 2.45) is 17.8 Å². The molecule has 1 amide bonds. The second-order valence-electron chi connectivity index (χ2n) is 7.27. The number of carboxylic acids is 1. The van der Waals surface area contributed by atoms with Gasteiger partial charge in [-0.1, -0.05) is 0 Å². The molecule has 7 nitrogen and oxygen atoms in total. The highest BCUT2D eigenvalue weighted by Gasteiger charge is 2.47. The summed E-state index contributed by atoms with van der Waals surface area (Å²) in [6.45, 7) is 5.61. The first-order valence-corrected chi connectivity index (χ1v) is 8.49. The number of amides is 1. The lowest BCUT2D eigenvalue weighted by molar-refractivity contribution is -0.386. The summed E-state index contributed by atoms with van der Waals surface area (Å²) in [5.41, 5.74) is 1.86. The summed E-state index contributed by atoms with van der Waals surface area (Å²) in [7, 11) is 0. The zero-order valence-electron chi connectivity index (χ0n) is 14.6. The van der Waals surface area contributed by atoms with E-state index < -0.39 is 16.8 Å². The zero-order valence-corrected chi connectivity index (χ0v) is 14.6. The molecule has 3 rings (SSSR count). The highest BCUT2D eigenvalue weighted by Crippen LogP contribution is 2.44. The van der Waals surface area contributed by atoms with Crippen LogP contribution >= 0.6 is 0 Å². The van der Waals surface area contributed by atoms with Gasteiger partial charge in [0.2, 0.25) is 0 Å². The number of aryl methyl sites for hydroxylation is 2. The average Bonchev–Trinajstić information content (AvgIpc) is 3.24. The van der Waals surface area contributed by atoms with Gasteiger partial charge in [-0.3, -0.25) is 19.7 Å². The Hall–Kier alpha value is -2.44. The molecule has 134 valence electrons. The smallest absolute Gasteiger partial charge is 0.308 e. The molecule has 0 radical (unpaired) electrons. The average molecular weight is 346 g/mol. The van der Waals surface area contributed by atoms with Gasteiger partial charge in [-0.2, -0.15) is 0 Å². The minimum absolute atomic E-state index is 0.0116. The summed E-state index contributed by atoms with van der Waals surface area (Å²) in [5, 5.41) is 20.8. The molecular formula is C18H22N2O5. The van der Waals surface area contributed by atoms with Crippen LogP contribution in [0.4, 0.5) is 5.69 Å². The summed E-state index contributed by atoms with van der Waals surface area (Å²) in [4.78, 5) is 37.0. The Morgan fingerprint density at radius 1 is 1.20 bits per heavy atom. The molecule has 25 heavy (non-hydrogen) atoms. The van der Waals surface area contributed by atoms with Crippen molar-refractivity contribution in [2.45, 2.75) is 33.6 Å². The lowest BCUT2D eigenvalue weighted by Gasteiger charge is -2.20. The van der Waals surface area contributed by atoms with E-state index in [1.165, 1.54) is 0 Å². The number of nitro benzene ring substituents is 1. The Kier molecular flexibility index (Phi) is 4.26. The molecule has 2 aliphatic rings. The van der Waals surface area contributed by atoms with Crippen molar-refractivity contribution in [3.63, 3.8) is 0 Å². The van der Waals surface area contributed by atoms with Gasteiger partial charge in [-0.15, -0.1) is 0 Å². The van der Waals surface area contributed by atoms with E-state index in [2.05, 4.69) is 0 Å². The lowest BCUT2D eigenvalue weighted by Crippen LogP contribution is -2.31. The number of carbonyl (C=O) groups is 2. The highest BCUT2D eigenvalue weighted by atomic mass is 16.6. The molecule has 1 saturated carbocycles. The third-order valence-corrected chi connectivity index (χ3v) is 5.52. The molecule has 0 bridgehead atoms. The van der Waals surface area contributed by atoms with Crippen LogP contribution in [-0.4, -0.2) is 39.9 Å².